The van der Waals surface area contributed by atoms with Gasteiger partial charge in [-0.15, -0.1) is 0 Å². The second-order valence-corrected chi connectivity index (χ2v) is 7.61. The van der Waals surface area contributed by atoms with Gasteiger partial charge in [0.05, 0.1) is 12.1 Å². The van der Waals surface area contributed by atoms with E-state index in [0.29, 0.717) is 0 Å². The van der Waals surface area contributed by atoms with Gasteiger partial charge in [0.2, 0.25) is 5.91 Å². The average Bonchev–Trinajstić information content (AvgIpc) is 2.70. The van der Waals surface area contributed by atoms with Crippen molar-refractivity contribution in [3.63, 3.8) is 0 Å². The van der Waals surface area contributed by atoms with E-state index < -0.39 is 30.2 Å². The maximum Gasteiger partial charge on any atom is 0.407 e. The van der Waals surface area contributed by atoms with Crippen LogP contribution in [-0.2, 0) is 11.2 Å². The zero-order chi connectivity index (χ0) is 22.1. The molecule has 0 radical (unpaired) electrons. The highest BCUT2D eigenvalue weighted by molar-refractivity contribution is 5.82. The SMILES string of the molecule is CC(C)C[C@H](N[C@@H](c1ccccc1)C(F)(F)F)C(=O)N[C@H](C#N)Cc1ccccc1. The molecule has 4 nitrogen and oxygen atoms in total. The van der Waals surface area contributed by atoms with E-state index >= 15 is 0 Å². The molecule has 0 aliphatic carbocycles. The number of alkyl halides is 3. The van der Waals surface area contributed by atoms with E-state index in [-0.39, 0.29) is 24.3 Å². The third kappa shape index (κ3) is 7.20. The number of nitriles is 1. The summed E-state index contributed by atoms with van der Waals surface area (Å²) in [6.07, 6.45) is -4.09. The van der Waals surface area contributed by atoms with Crippen molar-refractivity contribution in [3.05, 3.63) is 71.8 Å². The number of benzene rings is 2. The maximum absolute atomic E-state index is 13.7. The molecule has 1 amide bonds. The molecule has 0 aliphatic rings. The monoisotopic (exact) mass is 417 g/mol. The number of rotatable bonds is 9. The van der Waals surface area contributed by atoms with Gasteiger partial charge in [0.15, 0.2) is 0 Å². The molecular weight excluding hydrogens is 391 g/mol. The minimum Gasteiger partial charge on any atom is -0.339 e. The molecule has 3 atom stereocenters. The van der Waals surface area contributed by atoms with Gasteiger partial charge in [-0.05, 0) is 23.5 Å². The summed E-state index contributed by atoms with van der Waals surface area (Å²) >= 11 is 0. The van der Waals surface area contributed by atoms with Crippen LogP contribution in [0.2, 0.25) is 0 Å². The standard InChI is InChI=1S/C23H26F3N3O/c1-16(2)13-20(29-21(23(24,25)26)18-11-7-4-8-12-18)22(30)28-19(15-27)14-17-9-5-3-6-10-17/h3-12,16,19-21,29H,13-14H2,1-2H3,(H,28,30)/t19-,20-,21-/m0/s1. The van der Waals surface area contributed by atoms with Crippen molar-refractivity contribution in [1.29, 1.82) is 5.26 Å². The number of carbonyl (C=O) groups is 1. The Labute approximate surface area is 175 Å². The van der Waals surface area contributed by atoms with Crippen LogP contribution >= 0.6 is 0 Å². The molecule has 0 unspecified atom stereocenters. The van der Waals surface area contributed by atoms with Gasteiger partial charge >= 0.3 is 6.18 Å². The molecule has 7 heteroatoms. The Kier molecular flexibility index (Phi) is 8.43. The van der Waals surface area contributed by atoms with E-state index in [0.717, 1.165) is 5.56 Å². The molecule has 0 bridgehead atoms. The van der Waals surface area contributed by atoms with Crippen LogP contribution in [0.25, 0.3) is 0 Å². The maximum atomic E-state index is 13.7. The van der Waals surface area contributed by atoms with Gasteiger partial charge in [-0.1, -0.05) is 74.5 Å². The topological polar surface area (TPSA) is 64.9 Å². The molecule has 0 saturated carbocycles. The van der Waals surface area contributed by atoms with E-state index in [4.69, 9.17) is 0 Å². The van der Waals surface area contributed by atoms with Gasteiger partial charge in [-0.2, -0.15) is 18.4 Å². The van der Waals surface area contributed by atoms with Crippen molar-refractivity contribution in [1.82, 2.24) is 10.6 Å². The largest absolute Gasteiger partial charge is 0.407 e. The quantitative estimate of drug-likeness (QED) is 0.629. The van der Waals surface area contributed by atoms with Crippen molar-refractivity contribution >= 4 is 5.91 Å². The van der Waals surface area contributed by atoms with Gasteiger partial charge in [0.25, 0.3) is 0 Å². The van der Waals surface area contributed by atoms with Gasteiger partial charge in [0, 0.05) is 6.42 Å². The predicted molar refractivity (Wildman–Crippen MR) is 109 cm³/mol. The lowest BCUT2D eigenvalue weighted by Gasteiger charge is -2.29. The minimum absolute atomic E-state index is 0.0208. The lowest BCUT2D eigenvalue weighted by molar-refractivity contribution is -0.161. The fourth-order valence-corrected chi connectivity index (χ4v) is 3.20. The van der Waals surface area contributed by atoms with Crippen LogP contribution in [0, 0.1) is 17.2 Å². The first-order chi connectivity index (χ1) is 14.2. The lowest BCUT2D eigenvalue weighted by Crippen LogP contribution is -2.51. The summed E-state index contributed by atoms with van der Waals surface area (Å²) in [4.78, 5) is 12.8. The van der Waals surface area contributed by atoms with Crippen LogP contribution in [0.5, 0.6) is 0 Å². The Morgan fingerprint density at radius 2 is 1.60 bits per heavy atom. The van der Waals surface area contributed by atoms with Gasteiger partial charge in [-0.3, -0.25) is 10.1 Å². The summed E-state index contributed by atoms with van der Waals surface area (Å²) in [5.41, 5.74) is 0.892. The number of hydrogen-bond donors (Lipinski definition) is 2. The molecule has 2 aromatic carbocycles. The zero-order valence-corrected chi connectivity index (χ0v) is 17.0. The van der Waals surface area contributed by atoms with Gasteiger partial charge in [0.1, 0.15) is 12.1 Å². The van der Waals surface area contributed by atoms with Crippen molar-refractivity contribution in [2.45, 2.75) is 51.0 Å². The summed E-state index contributed by atoms with van der Waals surface area (Å²) in [6.45, 7) is 3.66. The normalized spacial score (nSPS) is 14.6. The summed E-state index contributed by atoms with van der Waals surface area (Å²) in [7, 11) is 0. The van der Waals surface area contributed by atoms with Crippen molar-refractivity contribution in [2.75, 3.05) is 0 Å². The highest BCUT2D eigenvalue weighted by atomic mass is 19.4. The van der Waals surface area contributed by atoms with E-state index in [1.165, 1.54) is 24.3 Å². The molecule has 0 heterocycles. The van der Waals surface area contributed by atoms with Crippen LogP contribution in [0.3, 0.4) is 0 Å². The minimum atomic E-state index is -4.57. The summed E-state index contributed by atoms with van der Waals surface area (Å²) < 4.78 is 41.2. The van der Waals surface area contributed by atoms with Crippen molar-refractivity contribution < 1.29 is 18.0 Å². The van der Waals surface area contributed by atoms with Crippen LogP contribution < -0.4 is 10.6 Å². The first kappa shape index (κ1) is 23.4. The number of carbonyl (C=O) groups excluding carboxylic acids is 1. The summed E-state index contributed by atoms with van der Waals surface area (Å²) in [6, 6.07) is 14.7. The summed E-state index contributed by atoms with van der Waals surface area (Å²) in [5, 5.41) is 14.5. The zero-order valence-electron chi connectivity index (χ0n) is 17.0. The van der Waals surface area contributed by atoms with E-state index in [1.807, 2.05) is 50.2 Å². The Balaban J connectivity index is 2.18. The molecule has 160 valence electrons. The molecule has 30 heavy (non-hydrogen) atoms. The Morgan fingerprint density at radius 3 is 2.10 bits per heavy atom. The fourth-order valence-electron chi connectivity index (χ4n) is 3.20. The van der Waals surface area contributed by atoms with Crippen LogP contribution in [-0.4, -0.2) is 24.2 Å². The second kappa shape index (κ2) is 10.8. The Morgan fingerprint density at radius 1 is 1.03 bits per heavy atom. The van der Waals surface area contributed by atoms with Crippen LogP contribution in [0.1, 0.15) is 37.4 Å². The molecule has 2 N–H and O–H groups in total. The van der Waals surface area contributed by atoms with Crippen molar-refractivity contribution in [3.8, 4) is 6.07 Å². The molecule has 2 rings (SSSR count). The third-order valence-corrected chi connectivity index (χ3v) is 4.61. The Bertz CT molecular complexity index is 832. The highest BCUT2D eigenvalue weighted by Gasteiger charge is 2.43. The molecule has 0 aliphatic heterocycles. The van der Waals surface area contributed by atoms with Crippen LogP contribution in [0.4, 0.5) is 13.2 Å². The first-order valence-electron chi connectivity index (χ1n) is 9.82. The number of nitrogens with zero attached hydrogens (tertiary/aromatic N) is 1. The smallest absolute Gasteiger partial charge is 0.339 e. The molecule has 0 fully saturated rings. The molecule has 0 saturated heterocycles. The van der Waals surface area contributed by atoms with Gasteiger partial charge < -0.3 is 5.32 Å². The van der Waals surface area contributed by atoms with E-state index in [1.54, 1.807) is 6.07 Å². The highest BCUT2D eigenvalue weighted by Crippen LogP contribution is 2.33. The molecule has 2 aromatic rings. The number of halogens is 3. The Hall–Kier alpha value is -2.85. The number of amides is 1. The first-order valence-corrected chi connectivity index (χ1v) is 9.82. The molecular formula is C23H26F3N3O. The van der Waals surface area contributed by atoms with Crippen LogP contribution in [0.15, 0.2) is 60.7 Å². The predicted octanol–water partition coefficient (Wildman–Crippen LogP) is 4.55. The number of nitrogens with one attached hydrogen (secondary N) is 2. The fraction of sp³-hybridized carbons (Fsp3) is 0.391. The average molecular weight is 417 g/mol. The molecule has 0 aromatic heterocycles. The van der Waals surface area contributed by atoms with E-state index in [2.05, 4.69) is 10.6 Å². The second-order valence-electron chi connectivity index (χ2n) is 7.61. The third-order valence-electron chi connectivity index (χ3n) is 4.61. The lowest BCUT2D eigenvalue weighted by atomic mass is 9.99. The summed E-state index contributed by atoms with van der Waals surface area (Å²) in [5.74, 6) is -0.635. The van der Waals surface area contributed by atoms with Crippen molar-refractivity contribution in [2.24, 2.45) is 5.92 Å². The van der Waals surface area contributed by atoms with Gasteiger partial charge in [-0.25, -0.2) is 0 Å². The van der Waals surface area contributed by atoms with E-state index in [9.17, 15) is 23.2 Å². The number of hydrogen-bond acceptors (Lipinski definition) is 3. The molecule has 0 spiro atoms.